The van der Waals surface area contributed by atoms with Crippen LogP contribution in [-0.2, 0) is 11.2 Å². The van der Waals surface area contributed by atoms with Crippen molar-refractivity contribution in [3.05, 3.63) is 59.1 Å². The van der Waals surface area contributed by atoms with Crippen LogP contribution in [-0.4, -0.2) is 28.4 Å². The number of benzene rings is 2. The van der Waals surface area contributed by atoms with Crippen LogP contribution in [0.25, 0.3) is 10.2 Å². The van der Waals surface area contributed by atoms with E-state index < -0.39 is 6.10 Å². The van der Waals surface area contributed by atoms with Gasteiger partial charge in [0.2, 0.25) is 0 Å². The fourth-order valence-electron chi connectivity index (χ4n) is 3.99. The summed E-state index contributed by atoms with van der Waals surface area (Å²) in [6.45, 7) is 0.787. The van der Waals surface area contributed by atoms with E-state index in [1.807, 2.05) is 47.4 Å². The van der Waals surface area contributed by atoms with Gasteiger partial charge in [0.25, 0.3) is 5.91 Å². The van der Waals surface area contributed by atoms with Crippen LogP contribution in [0.3, 0.4) is 0 Å². The van der Waals surface area contributed by atoms with Gasteiger partial charge in [-0.2, -0.15) is 0 Å². The molecular formula is C21H20N2O2S. The van der Waals surface area contributed by atoms with Crippen molar-refractivity contribution < 1.29 is 9.53 Å². The Balaban J connectivity index is 1.42. The number of nitrogens with zero attached hydrogens (tertiary/aromatic N) is 2. The van der Waals surface area contributed by atoms with Crippen molar-refractivity contribution in [2.75, 3.05) is 6.54 Å². The average Bonchev–Trinajstić information content (AvgIpc) is 3.31. The summed E-state index contributed by atoms with van der Waals surface area (Å²) < 4.78 is 7.14. The highest BCUT2D eigenvalue weighted by Gasteiger charge is 2.37. The lowest BCUT2D eigenvalue weighted by Gasteiger charge is -2.35. The lowest BCUT2D eigenvalue weighted by molar-refractivity contribution is -0.142. The molecule has 0 bridgehead atoms. The molecule has 0 unspecified atom stereocenters. The number of aromatic nitrogens is 1. The first kappa shape index (κ1) is 15.8. The van der Waals surface area contributed by atoms with Crippen LogP contribution in [0.5, 0.6) is 5.75 Å². The van der Waals surface area contributed by atoms with E-state index in [1.165, 1.54) is 4.70 Å². The second-order valence-electron chi connectivity index (χ2n) is 6.98. The van der Waals surface area contributed by atoms with E-state index in [2.05, 4.69) is 6.07 Å². The summed E-state index contributed by atoms with van der Waals surface area (Å²) in [5.74, 6) is 0.949. The molecular weight excluding hydrogens is 344 g/mol. The van der Waals surface area contributed by atoms with E-state index in [9.17, 15) is 4.79 Å². The van der Waals surface area contributed by atoms with E-state index in [1.54, 1.807) is 11.3 Å². The standard InChI is InChI=1S/C21H20N2O2S/c24-21(18-13-14-7-1-3-10-17(14)25-18)23-12-6-5-9-16(23)20-22-15-8-2-4-11-19(15)26-20/h1-4,7-8,10-11,16,18H,5-6,9,12-13H2/t16-,18-/m0/s1. The number of thiazole rings is 1. The molecule has 26 heavy (non-hydrogen) atoms. The zero-order valence-electron chi connectivity index (χ0n) is 14.4. The predicted octanol–water partition coefficient (Wildman–Crippen LogP) is 4.35. The lowest BCUT2D eigenvalue weighted by Crippen LogP contribution is -2.45. The minimum absolute atomic E-state index is 0.0703. The van der Waals surface area contributed by atoms with Gasteiger partial charge in [-0.25, -0.2) is 4.98 Å². The molecule has 0 radical (unpaired) electrons. The summed E-state index contributed by atoms with van der Waals surface area (Å²) in [6.07, 6.45) is 3.43. The summed E-state index contributed by atoms with van der Waals surface area (Å²) in [5.41, 5.74) is 2.15. The molecule has 2 aliphatic heterocycles. The molecule has 2 aromatic carbocycles. The van der Waals surface area contributed by atoms with Crippen molar-refractivity contribution >= 4 is 27.5 Å². The van der Waals surface area contributed by atoms with E-state index in [0.29, 0.717) is 6.42 Å². The summed E-state index contributed by atoms with van der Waals surface area (Å²) in [5, 5.41) is 1.05. The number of para-hydroxylation sites is 2. The van der Waals surface area contributed by atoms with Crippen molar-refractivity contribution in [3.63, 3.8) is 0 Å². The molecule has 1 fully saturated rings. The smallest absolute Gasteiger partial charge is 0.264 e. The fourth-order valence-corrected chi connectivity index (χ4v) is 5.10. The second kappa shape index (κ2) is 6.40. The Morgan fingerprint density at radius 2 is 1.96 bits per heavy atom. The highest BCUT2D eigenvalue weighted by atomic mass is 32.1. The third-order valence-electron chi connectivity index (χ3n) is 5.30. The van der Waals surface area contributed by atoms with Crippen LogP contribution < -0.4 is 4.74 Å². The normalized spacial score (nSPS) is 22.2. The molecule has 0 aliphatic carbocycles. The van der Waals surface area contributed by atoms with Crippen LogP contribution in [0.2, 0.25) is 0 Å². The molecule has 3 aromatic rings. The number of amides is 1. The number of fused-ring (bicyclic) bond motifs is 2. The van der Waals surface area contributed by atoms with Crippen LogP contribution >= 0.6 is 11.3 Å². The van der Waals surface area contributed by atoms with Gasteiger partial charge in [-0.1, -0.05) is 30.3 Å². The molecule has 2 aliphatic rings. The summed E-state index contributed by atoms with van der Waals surface area (Å²) in [7, 11) is 0. The van der Waals surface area contributed by atoms with Gasteiger partial charge in [-0.3, -0.25) is 4.79 Å². The second-order valence-corrected chi connectivity index (χ2v) is 8.04. The van der Waals surface area contributed by atoms with Gasteiger partial charge >= 0.3 is 0 Å². The first-order chi connectivity index (χ1) is 12.8. The number of likely N-dealkylation sites (tertiary alicyclic amines) is 1. The minimum Gasteiger partial charge on any atom is -0.480 e. The Kier molecular flexibility index (Phi) is 3.89. The third-order valence-corrected chi connectivity index (χ3v) is 6.44. The number of ether oxygens (including phenoxy) is 1. The van der Waals surface area contributed by atoms with Gasteiger partial charge in [0.1, 0.15) is 10.8 Å². The van der Waals surface area contributed by atoms with Crippen LogP contribution in [0, 0.1) is 0 Å². The summed E-state index contributed by atoms with van der Waals surface area (Å²) >= 11 is 1.71. The number of piperidine rings is 1. The zero-order chi connectivity index (χ0) is 17.5. The van der Waals surface area contributed by atoms with Crippen LogP contribution in [0.1, 0.15) is 35.9 Å². The molecule has 3 heterocycles. The number of rotatable bonds is 2. The maximum absolute atomic E-state index is 13.2. The third kappa shape index (κ3) is 2.67. The lowest BCUT2D eigenvalue weighted by atomic mass is 10.0. The fraction of sp³-hybridized carbons (Fsp3) is 0.333. The highest BCUT2D eigenvalue weighted by Crippen LogP contribution is 2.37. The van der Waals surface area contributed by atoms with Crippen molar-refractivity contribution in [1.29, 1.82) is 0 Å². The number of carbonyl (C=O) groups excluding carboxylic acids is 1. The molecule has 132 valence electrons. The maximum Gasteiger partial charge on any atom is 0.264 e. The minimum atomic E-state index is -0.401. The number of hydrogen-bond donors (Lipinski definition) is 0. The molecule has 2 atom stereocenters. The average molecular weight is 364 g/mol. The van der Waals surface area contributed by atoms with Gasteiger partial charge in [-0.15, -0.1) is 11.3 Å². The summed E-state index contributed by atoms with van der Waals surface area (Å²) in [6, 6.07) is 16.2. The topological polar surface area (TPSA) is 42.4 Å². The first-order valence-electron chi connectivity index (χ1n) is 9.20. The van der Waals surface area contributed by atoms with Gasteiger partial charge in [0, 0.05) is 13.0 Å². The Morgan fingerprint density at radius 3 is 2.85 bits per heavy atom. The van der Waals surface area contributed by atoms with E-state index in [0.717, 1.165) is 47.6 Å². The summed E-state index contributed by atoms with van der Waals surface area (Å²) in [4.78, 5) is 20.1. The molecule has 1 aromatic heterocycles. The van der Waals surface area contributed by atoms with Crippen LogP contribution in [0.15, 0.2) is 48.5 Å². The molecule has 0 N–H and O–H groups in total. The zero-order valence-corrected chi connectivity index (χ0v) is 15.2. The molecule has 1 saturated heterocycles. The Bertz CT molecular complexity index is 909. The molecule has 5 rings (SSSR count). The van der Waals surface area contributed by atoms with E-state index >= 15 is 0 Å². The van der Waals surface area contributed by atoms with Crippen molar-refractivity contribution in [2.45, 2.75) is 37.8 Å². The Hall–Kier alpha value is -2.40. The predicted molar refractivity (Wildman–Crippen MR) is 102 cm³/mol. The van der Waals surface area contributed by atoms with Crippen LogP contribution in [0.4, 0.5) is 0 Å². The van der Waals surface area contributed by atoms with Gasteiger partial charge in [-0.05, 0) is 43.0 Å². The van der Waals surface area contributed by atoms with Crippen molar-refractivity contribution in [2.24, 2.45) is 0 Å². The highest BCUT2D eigenvalue weighted by molar-refractivity contribution is 7.18. The molecule has 0 spiro atoms. The van der Waals surface area contributed by atoms with Gasteiger partial charge in [0.15, 0.2) is 6.10 Å². The molecule has 5 heteroatoms. The van der Waals surface area contributed by atoms with Crippen molar-refractivity contribution in [3.8, 4) is 5.75 Å². The van der Waals surface area contributed by atoms with Crippen molar-refractivity contribution in [1.82, 2.24) is 9.88 Å². The maximum atomic E-state index is 13.2. The number of carbonyl (C=O) groups is 1. The number of hydrogen-bond acceptors (Lipinski definition) is 4. The molecule has 4 nitrogen and oxygen atoms in total. The molecule has 0 saturated carbocycles. The largest absolute Gasteiger partial charge is 0.480 e. The van der Waals surface area contributed by atoms with E-state index in [-0.39, 0.29) is 11.9 Å². The Labute approximate surface area is 156 Å². The van der Waals surface area contributed by atoms with E-state index in [4.69, 9.17) is 9.72 Å². The quantitative estimate of drug-likeness (QED) is 0.679. The Morgan fingerprint density at radius 1 is 1.12 bits per heavy atom. The monoisotopic (exact) mass is 364 g/mol. The first-order valence-corrected chi connectivity index (χ1v) is 10.0. The van der Waals surface area contributed by atoms with Gasteiger partial charge < -0.3 is 9.64 Å². The SMILES string of the molecule is O=C([C@@H]1Cc2ccccc2O1)N1CCCC[C@H]1c1nc2ccccc2s1. The van der Waals surface area contributed by atoms with Gasteiger partial charge in [0.05, 0.1) is 16.3 Å². The molecule has 1 amide bonds.